The molecule has 0 aliphatic carbocycles. The van der Waals surface area contributed by atoms with Crippen LogP contribution in [0.1, 0.15) is 11.1 Å². The van der Waals surface area contributed by atoms with Crippen LogP contribution < -0.4 is 10.6 Å². The van der Waals surface area contributed by atoms with Gasteiger partial charge in [-0.15, -0.1) is 0 Å². The fraction of sp³-hybridized carbons (Fsp3) is 0.200. The van der Waals surface area contributed by atoms with Crippen molar-refractivity contribution in [2.75, 3.05) is 0 Å². The van der Waals surface area contributed by atoms with Gasteiger partial charge in [-0.2, -0.15) is 0 Å². The van der Waals surface area contributed by atoms with E-state index in [4.69, 9.17) is 0 Å². The highest BCUT2D eigenvalue weighted by Crippen LogP contribution is 2.22. The molecule has 1 aliphatic heterocycles. The summed E-state index contributed by atoms with van der Waals surface area (Å²) < 4.78 is 0. The zero-order valence-corrected chi connectivity index (χ0v) is 9.90. The Kier molecular flexibility index (Phi) is 2.48. The van der Waals surface area contributed by atoms with Crippen LogP contribution in [0.4, 0.5) is 0 Å². The van der Waals surface area contributed by atoms with Crippen molar-refractivity contribution < 1.29 is 0 Å². The molecule has 2 nitrogen and oxygen atoms in total. The number of rotatable bonds is 2. The minimum absolute atomic E-state index is 0.329. The van der Waals surface area contributed by atoms with Crippen LogP contribution in [-0.4, -0.2) is 6.17 Å². The molecule has 0 saturated carbocycles. The van der Waals surface area contributed by atoms with Crippen molar-refractivity contribution in [3.63, 3.8) is 0 Å². The Morgan fingerprint density at radius 3 is 2.59 bits per heavy atom. The largest absolute Gasteiger partial charge is 0.370 e. The van der Waals surface area contributed by atoms with Gasteiger partial charge in [0.1, 0.15) is 0 Å². The van der Waals surface area contributed by atoms with E-state index in [1.54, 1.807) is 0 Å². The summed E-state index contributed by atoms with van der Waals surface area (Å²) in [6, 6.07) is 13.0. The highest BCUT2D eigenvalue weighted by molar-refractivity contribution is 5.86. The van der Waals surface area contributed by atoms with E-state index in [0.717, 1.165) is 6.42 Å². The first kappa shape index (κ1) is 10.2. The minimum atomic E-state index is 0.329. The smallest absolute Gasteiger partial charge is 0.0997 e. The maximum absolute atomic E-state index is 3.29. The normalized spacial score (nSPS) is 14.9. The van der Waals surface area contributed by atoms with Crippen LogP contribution in [0.5, 0.6) is 0 Å². The lowest BCUT2D eigenvalue weighted by atomic mass is 9.97. The minimum Gasteiger partial charge on any atom is -0.370 e. The lowest BCUT2D eigenvalue weighted by Crippen LogP contribution is -2.33. The number of nitrogens with one attached hydrogen (secondary N) is 2. The molecule has 0 radical (unpaired) electrons. The topological polar surface area (TPSA) is 24.1 Å². The highest BCUT2D eigenvalue weighted by Gasteiger charge is 2.11. The first-order valence-corrected chi connectivity index (χ1v) is 5.99. The predicted octanol–water partition coefficient (Wildman–Crippen LogP) is 2.68. The van der Waals surface area contributed by atoms with Gasteiger partial charge in [-0.3, -0.25) is 0 Å². The second kappa shape index (κ2) is 4.13. The van der Waals surface area contributed by atoms with Crippen LogP contribution in [0.25, 0.3) is 10.8 Å². The Morgan fingerprint density at radius 2 is 1.76 bits per heavy atom. The third kappa shape index (κ3) is 1.86. The van der Waals surface area contributed by atoms with Gasteiger partial charge in [0.2, 0.25) is 0 Å². The van der Waals surface area contributed by atoms with Crippen molar-refractivity contribution >= 4 is 10.8 Å². The molecule has 0 spiro atoms. The van der Waals surface area contributed by atoms with Crippen molar-refractivity contribution in [3.8, 4) is 0 Å². The molecule has 0 bridgehead atoms. The predicted molar refractivity (Wildman–Crippen MR) is 71.6 cm³/mol. The summed E-state index contributed by atoms with van der Waals surface area (Å²) in [4.78, 5) is 0. The average molecular weight is 224 g/mol. The molecule has 0 fully saturated rings. The molecule has 2 N–H and O–H groups in total. The monoisotopic (exact) mass is 224 g/mol. The standard InChI is InChI=1S/C15H16N2/c1-11-13(10-15-16-8-9-17-15)7-6-12-4-2-3-5-14(11)12/h2-9,15-17H,10H2,1H3. The lowest BCUT2D eigenvalue weighted by molar-refractivity contribution is 0.567. The Bertz CT molecular complexity index is 564. The second-order valence-electron chi connectivity index (χ2n) is 4.49. The van der Waals surface area contributed by atoms with Crippen LogP contribution in [-0.2, 0) is 6.42 Å². The molecule has 2 heteroatoms. The van der Waals surface area contributed by atoms with Crippen molar-refractivity contribution in [1.82, 2.24) is 10.6 Å². The maximum Gasteiger partial charge on any atom is 0.0997 e. The average Bonchev–Trinajstić information content (AvgIpc) is 2.86. The van der Waals surface area contributed by atoms with E-state index in [2.05, 4.69) is 54.0 Å². The van der Waals surface area contributed by atoms with E-state index in [0.29, 0.717) is 6.17 Å². The molecule has 17 heavy (non-hydrogen) atoms. The molecule has 86 valence electrons. The molecule has 0 atom stereocenters. The third-order valence-electron chi connectivity index (χ3n) is 3.41. The molecule has 3 rings (SSSR count). The van der Waals surface area contributed by atoms with Crippen LogP contribution in [0.15, 0.2) is 48.8 Å². The van der Waals surface area contributed by atoms with Gasteiger partial charge >= 0.3 is 0 Å². The number of aryl methyl sites for hydroxylation is 1. The Labute approximate surface area is 101 Å². The molecule has 0 unspecified atom stereocenters. The summed E-state index contributed by atoms with van der Waals surface area (Å²) in [5, 5.41) is 9.25. The van der Waals surface area contributed by atoms with E-state index in [1.165, 1.54) is 21.9 Å². The molecular weight excluding hydrogens is 208 g/mol. The van der Waals surface area contributed by atoms with E-state index < -0.39 is 0 Å². The van der Waals surface area contributed by atoms with Gasteiger partial charge in [0, 0.05) is 18.8 Å². The van der Waals surface area contributed by atoms with Gasteiger partial charge in [-0.1, -0.05) is 36.4 Å². The molecule has 0 saturated heterocycles. The zero-order chi connectivity index (χ0) is 11.7. The van der Waals surface area contributed by atoms with Gasteiger partial charge in [-0.05, 0) is 28.8 Å². The quantitative estimate of drug-likeness (QED) is 0.819. The molecule has 1 aliphatic rings. The van der Waals surface area contributed by atoms with Gasteiger partial charge < -0.3 is 10.6 Å². The summed E-state index contributed by atoms with van der Waals surface area (Å²) >= 11 is 0. The maximum atomic E-state index is 3.29. The van der Waals surface area contributed by atoms with Crippen molar-refractivity contribution in [2.24, 2.45) is 0 Å². The third-order valence-corrected chi connectivity index (χ3v) is 3.41. The van der Waals surface area contributed by atoms with Gasteiger partial charge in [0.05, 0.1) is 6.17 Å². The van der Waals surface area contributed by atoms with Crippen molar-refractivity contribution in [2.45, 2.75) is 19.5 Å². The van der Waals surface area contributed by atoms with E-state index in [-0.39, 0.29) is 0 Å². The summed E-state index contributed by atoms with van der Waals surface area (Å²) in [6.07, 6.45) is 5.25. The molecular formula is C15H16N2. The number of benzene rings is 2. The van der Waals surface area contributed by atoms with Gasteiger partial charge in [0.25, 0.3) is 0 Å². The number of hydrogen-bond donors (Lipinski definition) is 2. The van der Waals surface area contributed by atoms with Crippen LogP contribution >= 0.6 is 0 Å². The molecule has 0 aromatic heterocycles. The lowest BCUT2D eigenvalue weighted by Gasteiger charge is -2.15. The van der Waals surface area contributed by atoms with Crippen LogP contribution in [0.3, 0.4) is 0 Å². The first-order chi connectivity index (χ1) is 8.34. The van der Waals surface area contributed by atoms with Crippen molar-refractivity contribution in [3.05, 3.63) is 59.9 Å². The summed E-state index contributed by atoms with van der Waals surface area (Å²) in [5.74, 6) is 0. The molecule has 1 heterocycles. The molecule has 0 amide bonds. The van der Waals surface area contributed by atoms with Crippen LogP contribution in [0, 0.1) is 6.92 Å². The van der Waals surface area contributed by atoms with E-state index in [1.807, 2.05) is 12.4 Å². The van der Waals surface area contributed by atoms with E-state index >= 15 is 0 Å². The van der Waals surface area contributed by atoms with E-state index in [9.17, 15) is 0 Å². The molecule has 2 aromatic rings. The van der Waals surface area contributed by atoms with Crippen LogP contribution in [0.2, 0.25) is 0 Å². The Balaban J connectivity index is 1.96. The van der Waals surface area contributed by atoms with Gasteiger partial charge in [-0.25, -0.2) is 0 Å². The SMILES string of the molecule is Cc1c(CC2NC=CN2)ccc2ccccc12. The van der Waals surface area contributed by atoms with Gasteiger partial charge in [0.15, 0.2) is 0 Å². The number of fused-ring (bicyclic) bond motifs is 1. The molecule has 2 aromatic carbocycles. The summed E-state index contributed by atoms with van der Waals surface area (Å²) in [5.41, 5.74) is 2.79. The Hall–Kier alpha value is -1.96. The number of hydrogen-bond acceptors (Lipinski definition) is 2. The van der Waals surface area contributed by atoms with Crippen molar-refractivity contribution in [1.29, 1.82) is 0 Å². The zero-order valence-electron chi connectivity index (χ0n) is 9.90. The second-order valence-corrected chi connectivity index (χ2v) is 4.49. The Morgan fingerprint density at radius 1 is 1.00 bits per heavy atom. The first-order valence-electron chi connectivity index (χ1n) is 5.99. The highest BCUT2D eigenvalue weighted by atomic mass is 15.1. The summed E-state index contributed by atoms with van der Waals surface area (Å²) in [6.45, 7) is 2.21. The fourth-order valence-corrected chi connectivity index (χ4v) is 2.41. The summed E-state index contributed by atoms with van der Waals surface area (Å²) in [7, 11) is 0. The fourth-order valence-electron chi connectivity index (χ4n) is 2.41.